The summed E-state index contributed by atoms with van der Waals surface area (Å²) in [7, 11) is 0. The lowest BCUT2D eigenvalue weighted by molar-refractivity contribution is 0.188. The average Bonchev–Trinajstić information content (AvgIpc) is 2.48. The maximum Gasteiger partial charge on any atom is 0.0633 e. The summed E-state index contributed by atoms with van der Waals surface area (Å²) in [5.74, 6) is 2.57. The van der Waals surface area contributed by atoms with Gasteiger partial charge in [-0.2, -0.15) is 0 Å². The van der Waals surface area contributed by atoms with Crippen molar-refractivity contribution < 1.29 is 0 Å². The minimum atomic E-state index is 0.635. The monoisotopic (exact) mass is 183 g/mol. The van der Waals surface area contributed by atoms with Gasteiger partial charge < -0.3 is 0 Å². The summed E-state index contributed by atoms with van der Waals surface area (Å²) >= 11 is 1.95. The van der Waals surface area contributed by atoms with Gasteiger partial charge in [0.15, 0.2) is 0 Å². The van der Waals surface area contributed by atoms with Gasteiger partial charge in [-0.1, -0.05) is 20.8 Å². The molecule has 5 atom stereocenters. The first-order valence-electron chi connectivity index (χ1n) is 4.87. The number of hydrogen-bond donors (Lipinski definition) is 0. The van der Waals surface area contributed by atoms with Crippen LogP contribution in [0.15, 0.2) is 4.99 Å². The normalized spacial score (nSPS) is 52.4. The summed E-state index contributed by atoms with van der Waals surface area (Å²) in [6.45, 7) is 7.15. The second-order valence-electron chi connectivity index (χ2n) is 4.35. The first-order chi connectivity index (χ1) is 5.70. The molecule has 2 aliphatic rings. The Labute approximate surface area is 79.0 Å². The van der Waals surface area contributed by atoms with Crippen LogP contribution < -0.4 is 0 Å². The number of hydrogen-bond acceptors (Lipinski definition) is 2. The van der Waals surface area contributed by atoms with E-state index in [-0.39, 0.29) is 0 Å². The van der Waals surface area contributed by atoms with E-state index >= 15 is 0 Å². The van der Waals surface area contributed by atoms with Crippen molar-refractivity contribution in [2.75, 3.05) is 0 Å². The number of rotatable bonds is 0. The molecule has 0 radical (unpaired) electrons. The van der Waals surface area contributed by atoms with Gasteiger partial charge in [0, 0.05) is 5.25 Å². The molecule has 1 heterocycles. The highest BCUT2D eigenvalue weighted by molar-refractivity contribution is 8.12. The molecule has 2 heteroatoms. The highest BCUT2D eigenvalue weighted by Gasteiger charge is 2.40. The summed E-state index contributed by atoms with van der Waals surface area (Å²) in [6.07, 6.45) is 1.31. The molecular formula is C10H17NS. The highest BCUT2D eigenvalue weighted by atomic mass is 32.2. The van der Waals surface area contributed by atoms with E-state index in [2.05, 4.69) is 31.3 Å². The molecule has 1 saturated carbocycles. The van der Waals surface area contributed by atoms with Crippen LogP contribution in [0.1, 0.15) is 27.2 Å². The molecule has 0 saturated heterocycles. The predicted molar refractivity (Wildman–Crippen MR) is 55.8 cm³/mol. The van der Waals surface area contributed by atoms with Crippen molar-refractivity contribution in [1.82, 2.24) is 0 Å². The largest absolute Gasteiger partial charge is 0.282 e. The van der Waals surface area contributed by atoms with E-state index in [4.69, 9.17) is 0 Å². The van der Waals surface area contributed by atoms with E-state index in [9.17, 15) is 0 Å². The lowest BCUT2D eigenvalue weighted by Crippen LogP contribution is -2.39. The Balaban J connectivity index is 2.13. The summed E-state index contributed by atoms with van der Waals surface area (Å²) in [4.78, 5) is 4.53. The van der Waals surface area contributed by atoms with Crippen LogP contribution in [0.2, 0.25) is 0 Å². The molecule has 0 bridgehead atoms. The topological polar surface area (TPSA) is 12.4 Å². The molecule has 0 spiro atoms. The Morgan fingerprint density at radius 1 is 1.25 bits per heavy atom. The second-order valence-corrected chi connectivity index (χ2v) is 5.38. The molecule has 0 aromatic carbocycles. The first kappa shape index (κ1) is 8.61. The van der Waals surface area contributed by atoms with E-state index in [1.807, 2.05) is 11.8 Å². The average molecular weight is 183 g/mol. The van der Waals surface area contributed by atoms with Crippen molar-refractivity contribution >= 4 is 17.3 Å². The van der Waals surface area contributed by atoms with Gasteiger partial charge in [0.05, 0.1) is 11.6 Å². The van der Waals surface area contributed by atoms with Crippen molar-refractivity contribution in [3.8, 4) is 0 Å². The number of aliphatic imine (C=N–C) groups is 1. The Bertz CT molecular complexity index is 202. The molecule has 0 aromatic rings. The van der Waals surface area contributed by atoms with Gasteiger partial charge in [-0.3, -0.25) is 4.99 Å². The SMILES string of the molecule is CC1CC2N=CSC2C(C)C1C. The smallest absolute Gasteiger partial charge is 0.0633 e. The van der Waals surface area contributed by atoms with Gasteiger partial charge >= 0.3 is 0 Å². The van der Waals surface area contributed by atoms with Crippen molar-refractivity contribution in [3.05, 3.63) is 0 Å². The minimum Gasteiger partial charge on any atom is -0.282 e. The first-order valence-corrected chi connectivity index (χ1v) is 5.81. The molecule has 1 aliphatic carbocycles. The molecule has 1 nitrogen and oxygen atoms in total. The van der Waals surface area contributed by atoms with E-state index < -0.39 is 0 Å². The van der Waals surface area contributed by atoms with Crippen LogP contribution in [0.4, 0.5) is 0 Å². The number of nitrogens with zero attached hydrogens (tertiary/aromatic N) is 1. The maximum atomic E-state index is 4.53. The van der Waals surface area contributed by atoms with Crippen LogP contribution in [0, 0.1) is 17.8 Å². The van der Waals surface area contributed by atoms with Crippen LogP contribution >= 0.6 is 11.8 Å². The van der Waals surface area contributed by atoms with Crippen LogP contribution in [0.25, 0.3) is 0 Å². The van der Waals surface area contributed by atoms with Crippen LogP contribution in [0.3, 0.4) is 0 Å². The standard InChI is InChI=1S/C10H17NS/c1-6-4-9-10(12-5-11-9)8(3)7(6)2/h5-10H,4H2,1-3H3. The zero-order valence-corrected chi connectivity index (χ0v) is 8.84. The fraction of sp³-hybridized carbons (Fsp3) is 0.900. The molecule has 0 amide bonds. The minimum absolute atomic E-state index is 0.635. The zero-order valence-electron chi connectivity index (χ0n) is 8.03. The molecule has 5 unspecified atom stereocenters. The molecule has 12 heavy (non-hydrogen) atoms. The quantitative estimate of drug-likeness (QED) is 0.562. The third-order valence-corrected chi connectivity index (χ3v) is 5.01. The molecule has 68 valence electrons. The number of fused-ring (bicyclic) bond motifs is 1. The summed E-state index contributed by atoms with van der Waals surface area (Å²) in [6, 6.07) is 0.635. The fourth-order valence-electron chi connectivity index (χ4n) is 2.44. The molecule has 0 aromatic heterocycles. The summed E-state index contributed by atoms with van der Waals surface area (Å²) in [5, 5.41) is 0.788. The Morgan fingerprint density at radius 2 is 2.00 bits per heavy atom. The van der Waals surface area contributed by atoms with Gasteiger partial charge in [0.2, 0.25) is 0 Å². The van der Waals surface area contributed by atoms with Gasteiger partial charge in [-0.15, -0.1) is 11.8 Å². The van der Waals surface area contributed by atoms with Gasteiger partial charge in [0.25, 0.3) is 0 Å². The molecule has 1 aliphatic heterocycles. The molecule has 2 rings (SSSR count). The van der Waals surface area contributed by atoms with E-state index in [0.717, 1.165) is 23.0 Å². The predicted octanol–water partition coefficient (Wildman–Crippen LogP) is 2.81. The van der Waals surface area contributed by atoms with Crippen molar-refractivity contribution in [1.29, 1.82) is 0 Å². The van der Waals surface area contributed by atoms with Gasteiger partial charge in [0.1, 0.15) is 0 Å². The van der Waals surface area contributed by atoms with Gasteiger partial charge in [-0.05, 0) is 24.2 Å². The maximum absolute atomic E-state index is 4.53. The molecule has 1 fully saturated rings. The van der Waals surface area contributed by atoms with Crippen LogP contribution in [-0.2, 0) is 0 Å². The third-order valence-electron chi connectivity index (χ3n) is 3.71. The molecular weight excluding hydrogens is 166 g/mol. The summed E-state index contributed by atoms with van der Waals surface area (Å²) < 4.78 is 0. The second kappa shape index (κ2) is 3.06. The lowest BCUT2D eigenvalue weighted by atomic mass is 9.72. The lowest BCUT2D eigenvalue weighted by Gasteiger charge is -2.39. The van der Waals surface area contributed by atoms with Crippen molar-refractivity contribution in [3.63, 3.8) is 0 Å². The Morgan fingerprint density at radius 3 is 2.75 bits per heavy atom. The Hall–Kier alpha value is 0.0200. The highest BCUT2D eigenvalue weighted by Crippen LogP contribution is 2.43. The number of thioether (sulfide) groups is 1. The van der Waals surface area contributed by atoms with Gasteiger partial charge in [-0.25, -0.2) is 0 Å². The van der Waals surface area contributed by atoms with E-state index in [1.165, 1.54) is 6.42 Å². The zero-order chi connectivity index (χ0) is 8.72. The van der Waals surface area contributed by atoms with E-state index in [0.29, 0.717) is 6.04 Å². The van der Waals surface area contributed by atoms with Crippen LogP contribution in [-0.4, -0.2) is 16.8 Å². The third kappa shape index (κ3) is 1.20. The van der Waals surface area contributed by atoms with E-state index in [1.54, 1.807) is 0 Å². The molecule has 0 N–H and O–H groups in total. The Kier molecular flexibility index (Phi) is 2.19. The van der Waals surface area contributed by atoms with Crippen LogP contribution in [0.5, 0.6) is 0 Å². The van der Waals surface area contributed by atoms with Crippen molar-refractivity contribution in [2.45, 2.75) is 38.5 Å². The summed E-state index contributed by atoms with van der Waals surface area (Å²) in [5.41, 5.74) is 2.07. The van der Waals surface area contributed by atoms with Crippen molar-refractivity contribution in [2.24, 2.45) is 22.7 Å². The fourth-order valence-corrected chi connectivity index (χ4v) is 3.67.